The predicted octanol–water partition coefficient (Wildman–Crippen LogP) is 1.09. The van der Waals surface area contributed by atoms with E-state index in [1.54, 1.807) is 6.07 Å². The number of carbonyl (C=O) groups excluding carboxylic acids is 1. The van der Waals surface area contributed by atoms with Gasteiger partial charge < -0.3 is 14.8 Å². The average Bonchev–Trinajstić information content (AvgIpc) is 2.98. The molecule has 1 unspecified atom stereocenters. The van der Waals surface area contributed by atoms with Crippen molar-refractivity contribution in [2.24, 2.45) is 5.92 Å². The molecule has 1 heterocycles. The fourth-order valence-corrected chi connectivity index (χ4v) is 1.53. The highest BCUT2D eigenvalue weighted by Crippen LogP contribution is 2.32. The maximum atomic E-state index is 11.6. The van der Waals surface area contributed by atoms with Gasteiger partial charge in [-0.3, -0.25) is 4.79 Å². The van der Waals surface area contributed by atoms with Gasteiger partial charge >= 0.3 is 0 Å². The topological polar surface area (TPSA) is 62.5 Å². The molecule has 0 spiro atoms. The number of carbonyl (C=O) groups is 1. The Morgan fingerprint density at radius 3 is 3.00 bits per heavy atom. The lowest BCUT2D eigenvalue weighted by Gasteiger charge is -2.09. The van der Waals surface area contributed by atoms with Crippen LogP contribution in [0.3, 0.4) is 0 Å². The van der Waals surface area contributed by atoms with E-state index in [-0.39, 0.29) is 5.91 Å². The molecule has 1 aliphatic rings. The third kappa shape index (κ3) is 2.39. The van der Waals surface area contributed by atoms with Crippen LogP contribution in [0.4, 0.5) is 0 Å². The Morgan fingerprint density at radius 1 is 1.73 bits per heavy atom. The van der Waals surface area contributed by atoms with Crippen molar-refractivity contribution in [2.45, 2.75) is 25.9 Å². The first kappa shape index (κ1) is 10.2. The number of hydrogen-bond acceptors (Lipinski definition) is 3. The van der Waals surface area contributed by atoms with E-state index in [9.17, 15) is 9.90 Å². The highest BCUT2D eigenvalue weighted by atomic mass is 16.3. The van der Waals surface area contributed by atoms with E-state index in [0.717, 1.165) is 18.4 Å². The smallest absolute Gasteiger partial charge is 0.287 e. The molecular weight excluding hydrogens is 194 g/mol. The molecular formula is C11H15NO3. The van der Waals surface area contributed by atoms with Crippen LogP contribution in [-0.2, 0) is 0 Å². The van der Waals surface area contributed by atoms with Crippen molar-refractivity contribution in [2.75, 3.05) is 6.54 Å². The molecule has 82 valence electrons. The summed E-state index contributed by atoms with van der Waals surface area (Å²) >= 11 is 0. The summed E-state index contributed by atoms with van der Waals surface area (Å²) in [5.41, 5.74) is 0.813. The lowest BCUT2D eigenvalue weighted by atomic mass is 10.2. The maximum Gasteiger partial charge on any atom is 0.287 e. The normalized spacial score (nSPS) is 17.5. The van der Waals surface area contributed by atoms with Crippen molar-refractivity contribution in [3.8, 4) is 0 Å². The van der Waals surface area contributed by atoms with Gasteiger partial charge in [0.05, 0.1) is 12.4 Å². The number of rotatable bonds is 4. The second-order valence-corrected chi connectivity index (χ2v) is 4.05. The molecule has 0 aliphatic heterocycles. The number of aliphatic hydroxyl groups excluding tert-OH is 1. The Morgan fingerprint density at radius 2 is 2.47 bits per heavy atom. The first-order valence-electron chi connectivity index (χ1n) is 5.19. The first-order valence-corrected chi connectivity index (χ1v) is 5.19. The summed E-state index contributed by atoms with van der Waals surface area (Å²) in [6.07, 6.45) is 3.21. The monoisotopic (exact) mass is 209 g/mol. The summed E-state index contributed by atoms with van der Waals surface area (Å²) in [5.74, 6) is 0.457. The number of hydrogen-bond donors (Lipinski definition) is 2. The minimum absolute atomic E-state index is 0.253. The van der Waals surface area contributed by atoms with Crippen LogP contribution in [0, 0.1) is 12.8 Å². The lowest BCUT2D eigenvalue weighted by Crippen LogP contribution is -2.33. The molecule has 0 saturated heterocycles. The fourth-order valence-electron chi connectivity index (χ4n) is 1.53. The quantitative estimate of drug-likeness (QED) is 0.780. The van der Waals surface area contributed by atoms with Gasteiger partial charge in [0.15, 0.2) is 5.76 Å². The van der Waals surface area contributed by atoms with Gasteiger partial charge in [-0.2, -0.15) is 0 Å². The van der Waals surface area contributed by atoms with Crippen molar-refractivity contribution >= 4 is 5.91 Å². The zero-order valence-electron chi connectivity index (χ0n) is 8.69. The highest BCUT2D eigenvalue weighted by molar-refractivity contribution is 5.92. The van der Waals surface area contributed by atoms with E-state index >= 15 is 0 Å². The first-order chi connectivity index (χ1) is 7.18. The fraction of sp³-hybridized carbons (Fsp3) is 0.545. The van der Waals surface area contributed by atoms with Crippen molar-refractivity contribution in [1.29, 1.82) is 0 Å². The van der Waals surface area contributed by atoms with Crippen LogP contribution in [0.15, 0.2) is 16.7 Å². The van der Waals surface area contributed by atoms with Crippen LogP contribution in [-0.4, -0.2) is 23.7 Å². The number of aliphatic hydroxyl groups is 1. The van der Waals surface area contributed by atoms with Gasteiger partial charge in [-0.25, -0.2) is 0 Å². The molecule has 1 saturated carbocycles. The molecule has 2 N–H and O–H groups in total. The summed E-state index contributed by atoms with van der Waals surface area (Å²) in [5, 5.41) is 12.2. The van der Waals surface area contributed by atoms with Crippen LogP contribution in [0.1, 0.15) is 29.0 Å². The largest absolute Gasteiger partial charge is 0.459 e. The molecule has 1 amide bonds. The Bertz CT molecular complexity index is 354. The molecule has 15 heavy (non-hydrogen) atoms. The molecule has 1 aromatic rings. The maximum absolute atomic E-state index is 11.6. The standard InChI is InChI=1S/C11H15NO3/c1-7-4-5-15-10(7)11(14)12-6-9(13)8-2-3-8/h4-5,8-9,13H,2-3,6H2,1H3,(H,12,14). The third-order valence-electron chi connectivity index (χ3n) is 2.71. The number of aryl methyl sites for hydroxylation is 1. The van der Waals surface area contributed by atoms with Gasteiger partial charge in [0.1, 0.15) is 0 Å². The van der Waals surface area contributed by atoms with E-state index < -0.39 is 6.10 Å². The van der Waals surface area contributed by atoms with Crippen LogP contribution >= 0.6 is 0 Å². The number of amides is 1. The summed E-state index contributed by atoms with van der Waals surface area (Å²) in [6, 6.07) is 1.74. The molecule has 0 bridgehead atoms. The van der Waals surface area contributed by atoms with Crippen LogP contribution in [0.2, 0.25) is 0 Å². The molecule has 2 rings (SSSR count). The molecule has 1 fully saturated rings. The summed E-state index contributed by atoms with van der Waals surface area (Å²) in [4.78, 5) is 11.6. The van der Waals surface area contributed by atoms with Gasteiger partial charge in [0, 0.05) is 12.1 Å². The molecule has 1 aromatic heterocycles. The van der Waals surface area contributed by atoms with Crippen LogP contribution < -0.4 is 5.32 Å². The number of nitrogens with one attached hydrogen (secondary N) is 1. The molecule has 0 radical (unpaired) electrons. The van der Waals surface area contributed by atoms with E-state index in [2.05, 4.69) is 5.32 Å². The van der Waals surface area contributed by atoms with Crippen LogP contribution in [0.5, 0.6) is 0 Å². The zero-order chi connectivity index (χ0) is 10.8. The molecule has 4 heteroatoms. The Labute approximate surface area is 88.3 Å². The van der Waals surface area contributed by atoms with Crippen molar-refractivity contribution in [3.05, 3.63) is 23.7 Å². The minimum Gasteiger partial charge on any atom is -0.459 e. The average molecular weight is 209 g/mol. The molecule has 1 aliphatic carbocycles. The van der Waals surface area contributed by atoms with Crippen molar-refractivity contribution in [1.82, 2.24) is 5.32 Å². The molecule has 0 aromatic carbocycles. The second kappa shape index (κ2) is 4.06. The SMILES string of the molecule is Cc1ccoc1C(=O)NCC(O)C1CC1. The lowest BCUT2D eigenvalue weighted by molar-refractivity contribution is 0.0873. The van der Waals surface area contributed by atoms with Gasteiger partial charge in [0.2, 0.25) is 0 Å². The van der Waals surface area contributed by atoms with E-state index in [1.165, 1.54) is 6.26 Å². The van der Waals surface area contributed by atoms with Gasteiger partial charge in [-0.05, 0) is 31.7 Å². The van der Waals surface area contributed by atoms with Crippen LogP contribution in [0.25, 0.3) is 0 Å². The highest BCUT2D eigenvalue weighted by Gasteiger charge is 2.30. The second-order valence-electron chi connectivity index (χ2n) is 4.05. The third-order valence-corrected chi connectivity index (χ3v) is 2.71. The predicted molar refractivity (Wildman–Crippen MR) is 54.5 cm³/mol. The van der Waals surface area contributed by atoms with E-state index in [4.69, 9.17) is 4.42 Å². The summed E-state index contributed by atoms with van der Waals surface area (Å²) in [6.45, 7) is 2.12. The Balaban J connectivity index is 1.84. The summed E-state index contributed by atoms with van der Waals surface area (Å²) in [7, 11) is 0. The Hall–Kier alpha value is -1.29. The summed E-state index contributed by atoms with van der Waals surface area (Å²) < 4.78 is 5.04. The van der Waals surface area contributed by atoms with Crippen molar-refractivity contribution < 1.29 is 14.3 Å². The Kier molecular flexibility index (Phi) is 2.77. The van der Waals surface area contributed by atoms with Gasteiger partial charge in [-0.1, -0.05) is 0 Å². The molecule has 1 atom stereocenters. The van der Waals surface area contributed by atoms with Gasteiger partial charge in [-0.15, -0.1) is 0 Å². The van der Waals surface area contributed by atoms with E-state index in [1.807, 2.05) is 6.92 Å². The molecule has 4 nitrogen and oxygen atoms in total. The number of furan rings is 1. The minimum atomic E-state index is -0.413. The van der Waals surface area contributed by atoms with Crippen molar-refractivity contribution in [3.63, 3.8) is 0 Å². The zero-order valence-corrected chi connectivity index (χ0v) is 8.69. The van der Waals surface area contributed by atoms with Gasteiger partial charge in [0.25, 0.3) is 5.91 Å². The van der Waals surface area contributed by atoms with E-state index in [0.29, 0.717) is 18.2 Å².